The first kappa shape index (κ1) is 8.65. The number of hydrogen-bond acceptors (Lipinski definition) is 4. The molecule has 2 rings (SSSR count). The molecule has 1 aromatic rings. The summed E-state index contributed by atoms with van der Waals surface area (Å²) in [7, 11) is 0. The minimum absolute atomic E-state index is 0.106. The maximum absolute atomic E-state index is 9.08. The number of rotatable bonds is 5. The zero-order chi connectivity index (χ0) is 9.10. The van der Waals surface area contributed by atoms with E-state index in [9.17, 15) is 0 Å². The van der Waals surface area contributed by atoms with Gasteiger partial charge in [0.2, 0.25) is 0 Å². The number of hydrogen-bond donors (Lipinski definition) is 2. The average molecular weight is 182 g/mol. The van der Waals surface area contributed by atoms with E-state index in [0.717, 1.165) is 0 Å². The smallest absolute Gasteiger partial charge is 0.137 e. The summed E-state index contributed by atoms with van der Waals surface area (Å²) in [5.41, 5.74) is 0. The van der Waals surface area contributed by atoms with Crippen molar-refractivity contribution in [2.45, 2.75) is 31.5 Å². The summed E-state index contributed by atoms with van der Waals surface area (Å²) in [6.45, 7) is 0.837. The lowest BCUT2D eigenvalue weighted by Gasteiger charge is -2.14. The second-order valence-corrected chi connectivity index (χ2v) is 3.44. The molecule has 0 spiro atoms. The van der Waals surface area contributed by atoms with Crippen molar-refractivity contribution in [3.63, 3.8) is 0 Å². The van der Waals surface area contributed by atoms with E-state index in [1.54, 1.807) is 11.0 Å². The number of aliphatic hydroxyl groups is 1. The fraction of sp³-hybridized carbons (Fsp3) is 0.750. The van der Waals surface area contributed by atoms with E-state index in [1.807, 2.05) is 0 Å². The van der Waals surface area contributed by atoms with Gasteiger partial charge in [0.25, 0.3) is 0 Å². The summed E-state index contributed by atoms with van der Waals surface area (Å²) in [6, 6.07) is 0.717. The molecule has 0 saturated heterocycles. The predicted molar refractivity (Wildman–Crippen MR) is 47.1 cm³/mol. The van der Waals surface area contributed by atoms with E-state index in [2.05, 4.69) is 15.4 Å². The lowest BCUT2D eigenvalue weighted by Crippen LogP contribution is -2.37. The molecular weight excluding hydrogens is 168 g/mol. The highest BCUT2D eigenvalue weighted by Crippen LogP contribution is 2.19. The van der Waals surface area contributed by atoms with E-state index >= 15 is 0 Å². The van der Waals surface area contributed by atoms with E-state index < -0.39 is 0 Å². The van der Waals surface area contributed by atoms with Crippen molar-refractivity contribution in [2.24, 2.45) is 0 Å². The number of nitrogens with zero attached hydrogens (tertiary/aromatic N) is 3. The van der Waals surface area contributed by atoms with E-state index in [1.165, 1.54) is 19.2 Å². The van der Waals surface area contributed by atoms with Gasteiger partial charge >= 0.3 is 0 Å². The van der Waals surface area contributed by atoms with Gasteiger partial charge in [-0.1, -0.05) is 0 Å². The van der Waals surface area contributed by atoms with E-state index in [0.29, 0.717) is 12.6 Å². The Morgan fingerprint density at radius 3 is 3.00 bits per heavy atom. The van der Waals surface area contributed by atoms with Crippen LogP contribution < -0.4 is 5.32 Å². The molecule has 1 aliphatic carbocycles. The molecule has 5 nitrogen and oxygen atoms in total. The molecule has 0 amide bonds. The van der Waals surface area contributed by atoms with Gasteiger partial charge < -0.3 is 10.4 Å². The molecule has 5 heteroatoms. The Labute approximate surface area is 76.8 Å². The van der Waals surface area contributed by atoms with Crippen LogP contribution in [0.2, 0.25) is 0 Å². The van der Waals surface area contributed by atoms with Crippen LogP contribution in [0.15, 0.2) is 12.7 Å². The maximum Gasteiger partial charge on any atom is 0.137 e. The zero-order valence-corrected chi connectivity index (χ0v) is 7.43. The Morgan fingerprint density at radius 1 is 1.62 bits per heavy atom. The van der Waals surface area contributed by atoms with Gasteiger partial charge in [-0.2, -0.15) is 5.10 Å². The zero-order valence-electron chi connectivity index (χ0n) is 7.43. The molecule has 1 aromatic heterocycles. The fourth-order valence-corrected chi connectivity index (χ4v) is 1.30. The summed E-state index contributed by atoms with van der Waals surface area (Å²) in [5.74, 6) is 0. The van der Waals surface area contributed by atoms with Crippen LogP contribution in [0, 0.1) is 0 Å². The van der Waals surface area contributed by atoms with Crippen LogP contribution in [0.1, 0.15) is 12.8 Å². The lowest BCUT2D eigenvalue weighted by molar-refractivity contribution is 0.224. The molecule has 1 unspecified atom stereocenters. The van der Waals surface area contributed by atoms with Crippen LogP contribution in [0.3, 0.4) is 0 Å². The van der Waals surface area contributed by atoms with Crippen LogP contribution >= 0.6 is 0 Å². The first-order valence-electron chi connectivity index (χ1n) is 4.58. The molecule has 1 aliphatic rings. The van der Waals surface area contributed by atoms with Gasteiger partial charge in [-0.15, -0.1) is 0 Å². The molecule has 0 radical (unpaired) electrons. The summed E-state index contributed by atoms with van der Waals surface area (Å²) in [5, 5.41) is 16.4. The lowest BCUT2D eigenvalue weighted by atomic mass is 10.3. The van der Waals surface area contributed by atoms with Crippen molar-refractivity contribution in [2.75, 3.05) is 6.61 Å². The van der Waals surface area contributed by atoms with Crippen molar-refractivity contribution in [3.8, 4) is 0 Å². The van der Waals surface area contributed by atoms with Crippen LogP contribution in [0.4, 0.5) is 0 Å². The average Bonchev–Trinajstić information content (AvgIpc) is 2.80. The van der Waals surface area contributed by atoms with Gasteiger partial charge in [-0.3, -0.25) is 4.68 Å². The molecule has 0 aromatic carbocycles. The van der Waals surface area contributed by atoms with E-state index in [-0.39, 0.29) is 12.6 Å². The maximum atomic E-state index is 9.08. The summed E-state index contributed by atoms with van der Waals surface area (Å²) < 4.78 is 1.73. The molecule has 1 saturated carbocycles. The molecule has 2 N–H and O–H groups in total. The third-order valence-electron chi connectivity index (χ3n) is 2.14. The van der Waals surface area contributed by atoms with Crippen LogP contribution in [-0.2, 0) is 6.54 Å². The van der Waals surface area contributed by atoms with Crippen molar-refractivity contribution < 1.29 is 5.11 Å². The largest absolute Gasteiger partial charge is 0.395 e. The minimum Gasteiger partial charge on any atom is -0.395 e. The Morgan fingerprint density at radius 2 is 2.46 bits per heavy atom. The molecule has 0 aliphatic heterocycles. The Bertz CT molecular complexity index is 245. The SMILES string of the molecule is OCC(Cn1cncn1)NC1CC1. The Hall–Kier alpha value is -0.940. The Balaban J connectivity index is 1.82. The molecular formula is C8H14N4O. The monoisotopic (exact) mass is 182 g/mol. The molecule has 13 heavy (non-hydrogen) atoms. The van der Waals surface area contributed by atoms with Crippen LogP contribution in [0.5, 0.6) is 0 Å². The summed E-state index contributed by atoms with van der Waals surface area (Å²) >= 11 is 0. The highest BCUT2D eigenvalue weighted by atomic mass is 16.3. The first-order valence-corrected chi connectivity index (χ1v) is 4.58. The first-order chi connectivity index (χ1) is 6.38. The molecule has 0 bridgehead atoms. The standard InChI is InChI=1S/C8H14N4O/c13-4-8(11-7-1-2-7)3-12-6-9-5-10-12/h5-8,11,13H,1-4H2. The van der Waals surface area contributed by atoms with Gasteiger partial charge in [-0.05, 0) is 12.8 Å². The number of aromatic nitrogens is 3. The van der Waals surface area contributed by atoms with Gasteiger partial charge in [0.05, 0.1) is 19.2 Å². The van der Waals surface area contributed by atoms with E-state index in [4.69, 9.17) is 5.11 Å². The molecule has 1 heterocycles. The third kappa shape index (κ3) is 2.50. The van der Waals surface area contributed by atoms with Gasteiger partial charge in [0, 0.05) is 6.04 Å². The molecule has 1 fully saturated rings. The van der Waals surface area contributed by atoms with Crippen molar-refractivity contribution in [3.05, 3.63) is 12.7 Å². The normalized spacial score (nSPS) is 18.8. The number of aliphatic hydroxyl groups excluding tert-OH is 1. The summed E-state index contributed by atoms with van der Waals surface area (Å²) in [6.07, 6.45) is 5.63. The van der Waals surface area contributed by atoms with Gasteiger partial charge in [0.15, 0.2) is 0 Å². The van der Waals surface area contributed by atoms with Crippen LogP contribution in [-0.4, -0.2) is 38.6 Å². The topological polar surface area (TPSA) is 63.0 Å². The summed E-state index contributed by atoms with van der Waals surface area (Å²) in [4.78, 5) is 3.85. The van der Waals surface area contributed by atoms with Gasteiger partial charge in [0.1, 0.15) is 12.7 Å². The highest BCUT2D eigenvalue weighted by Gasteiger charge is 2.24. The third-order valence-corrected chi connectivity index (χ3v) is 2.14. The highest BCUT2D eigenvalue weighted by molar-refractivity contribution is 4.84. The molecule has 1 atom stereocenters. The van der Waals surface area contributed by atoms with Crippen molar-refractivity contribution >= 4 is 0 Å². The van der Waals surface area contributed by atoms with Crippen molar-refractivity contribution in [1.82, 2.24) is 20.1 Å². The minimum atomic E-state index is 0.106. The second kappa shape index (κ2) is 3.85. The van der Waals surface area contributed by atoms with Gasteiger partial charge in [-0.25, -0.2) is 4.98 Å². The second-order valence-electron chi connectivity index (χ2n) is 3.44. The Kier molecular flexibility index (Phi) is 2.56. The number of nitrogens with one attached hydrogen (secondary N) is 1. The predicted octanol–water partition coefficient (Wildman–Crippen LogP) is -0.609. The van der Waals surface area contributed by atoms with Crippen molar-refractivity contribution in [1.29, 1.82) is 0 Å². The quantitative estimate of drug-likeness (QED) is 0.637. The van der Waals surface area contributed by atoms with Crippen LogP contribution in [0.25, 0.3) is 0 Å². The molecule has 72 valence electrons. The fourth-order valence-electron chi connectivity index (χ4n) is 1.30.